The van der Waals surface area contributed by atoms with Crippen molar-refractivity contribution in [2.45, 2.75) is 6.54 Å². The highest BCUT2D eigenvalue weighted by Gasteiger charge is 2.26. The number of benzene rings is 2. The van der Waals surface area contributed by atoms with Crippen molar-refractivity contribution in [3.63, 3.8) is 0 Å². The van der Waals surface area contributed by atoms with Gasteiger partial charge in [-0.15, -0.1) is 0 Å². The Labute approximate surface area is 200 Å². The van der Waals surface area contributed by atoms with Gasteiger partial charge in [0.1, 0.15) is 23.9 Å². The number of anilines is 1. The van der Waals surface area contributed by atoms with Crippen LogP contribution >= 0.6 is 0 Å². The molecule has 0 aliphatic carbocycles. The van der Waals surface area contributed by atoms with E-state index < -0.39 is 29.5 Å². The fourth-order valence-corrected chi connectivity index (χ4v) is 4.22. The highest BCUT2D eigenvalue weighted by Crippen LogP contribution is 2.31. The number of fused-ring (bicyclic) bond motifs is 1. The molecular formula is C26H26F3N3O3. The highest BCUT2D eigenvalue weighted by atomic mass is 19.1. The van der Waals surface area contributed by atoms with Crippen LogP contribution in [-0.2, 0) is 6.54 Å². The van der Waals surface area contributed by atoms with Gasteiger partial charge >= 0.3 is 0 Å². The summed E-state index contributed by atoms with van der Waals surface area (Å²) in [5.41, 5.74) is -0.850. The summed E-state index contributed by atoms with van der Waals surface area (Å²) in [5, 5.41) is -0.296. The predicted molar refractivity (Wildman–Crippen MR) is 130 cm³/mol. The Morgan fingerprint density at radius 3 is 2.43 bits per heavy atom. The topological polar surface area (TPSA) is 54.8 Å². The Kier molecular flexibility index (Phi) is 7.25. The van der Waals surface area contributed by atoms with Crippen LogP contribution < -0.4 is 15.1 Å². The summed E-state index contributed by atoms with van der Waals surface area (Å²) in [5.74, 6) is -1.81. The van der Waals surface area contributed by atoms with Crippen LogP contribution in [0.15, 0.2) is 47.4 Å². The van der Waals surface area contributed by atoms with Crippen LogP contribution in [-0.4, -0.2) is 62.3 Å². The molecule has 4 rings (SSSR count). The van der Waals surface area contributed by atoms with E-state index in [1.807, 2.05) is 11.9 Å². The Morgan fingerprint density at radius 1 is 1.11 bits per heavy atom. The summed E-state index contributed by atoms with van der Waals surface area (Å²) in [6.07, 6.45) is 3.87. The Hall–Kier alpha value is -3.59. The Balaban J connectivity index is 1.77. The van der Waals surface area contributed by atoms with Crippen molar-refractivity contribution in [3.8, 4) is 5.75 Å². The number of piperazine rings is 1. The number of rotatable bonds is 7. The monoisotopic (exact) mass is 485 g/mol. The number of aromatic nitrogens is 1. The molecule has 9 heteroatoms. The molecule has 0 spiro atoms. The van der Waals surface area contributed by atoms with E-state index in [0.29, 0.717) is 37.5 Å². The number of pyridine rings is 1. The van der Waals surface area contributed by atoms with Gasteiger partial charge in [0.25, 0.3) is 0 Å². The maximum atomic E-state index is 15.7. The average Bonchev–Trinajstić information content (AvgIpc) is 2.85. The number of hydrogen-bond acceptors (Lipinski definition) is 5. The van der Waals surface area contributed by atoms with Gasteiger partial charge in [0.15, 0.2) is 11.6 Å². The quantitative estimate of drug-likeness (QED) is 0.375. The van der Waals surface area contributed by atoms with Gasteiger partial charge in [-0.25, -0.2) is 13.2 Å². The second-order valence-electron chi connectivity index (χ2n) is 8.43. The molecule has 6 nitrogen and oxygen atoms in total. The Bertz CT molecular complexity index is 1330. The van der Waals surface area contributed by atoms with Gasteiger partial charge in [-0.1, -0.05) is 18.2 Å². The van der Waals surface area contributed by atoms with Crippen LogP contribution in [0.5, 0.6) is 5.75 Å². The van der Waals surface area contributed by atoms with E-state index in [4.69, 9.17) is 4.74 Å². The number of ketones is 1. The van der Waals surface area contributed by atoms with Crippen molar-refractivity contribution in [1.82, 2.24) is 9.47 Å². The van der Waals surface area contributed by atoms with Gasteiger partial charge < -0.3 is 19.1 Å². The van der Waals surface area contributed by atoms with Crippen LogP contribution in [0.3, 0.4) is 0 Å². The first-order valence-electron chi connectivity index (χ1n) is 11.2. The Morgan fingerprint density at radius 2 is 1.80 bits per heavy atom. The van der Waals surface area contributed by atoms with Crippen LogP contribution in [0.2, 0.25) is 0 Å². The largest absolute Gasteiger partial charge is 0.497 e. The van der Waals surface area contributed by atoms with Gasteiger partial charge in [-0.2, -0.15) is 0 Å². The summed E-state index contributed by atoms with van der Waals surface area (Å²) in [6, 6.07) is 7.85. The number of halogens is 3. The van der Waals surface area contributed by atoms with E-state index in [2.05, 4.69) is 0 Å². The minimum Gasteiger partial charge on any atom is -0.497 e. The summed E-state index contributed by atoms with van der Waals surface area (Å²) < 4.78 is 50.4. The molecule has 0 N–H and O–H groups in total. The van der Waals surface area contributed by atoms with Crippen LogP contribution in [0.4, 0.5) is 18.9 Å². The summed E-state index contributed by atoms with van der Waals surface area (Å²) >= 11 is 0. The smallest absolute Gasteiger partial charge is 0.200 e. The molecule has 1 saturated heterocycles. The first-order valence-corrected chi connectivity index (χ1v) is 11.2. The molecule has 1 aromatic heterocycles. The molecule has 0 bridgehead atoms. The first-order chi connectivity index (χ1) is 16.8. The van der Waals surface area contributed by atoms with Crippen molar-refractivity contribution >= 4 is 28.4 Å². The first kappa shape index (κ1) is 24.5. The molecule has 1 aliphatic heterocycles. The number of alkyl halides is 1. The van der Waals surface area contributed by atoms with E-state index in [0.717, 1.165) is 12.3 Å². The zero-order chi connectivity index (χ0) is 25.1. The summed E-state index contributed by atoms with van der Waals surface area (Å²) in [7, 11) is 3.46. The maximum absolute atomic E-state index is 15.7. The van der Waals surface area contributed by atoms with Gasteiger partial charge in [0, 0.05) is 32.4 Å². The molecule has 0 amide bonds. The minimum absolute atomic E-state index is 0.210. The average molecular weight is 486 g/mol. The van der Waals surface area contributed by atoms with Gasteiger partial charge in [0.05, 0.1) is 30.1 Å². The molecule has 184 valence electrons. The minimum atomic E-state index is -0.928. The van der Waals surface area contributed by atoms with Crippen molar-refractivity contribution in [2.24, 2.45) is 0 Å². The highest BCUT2D eigenvalue weighted by molar-refractivity contribution is 6.08. The molecule has 2 aromatic carbocycles. The van der Waals surface area contributed by atoms with Crippen molar-refractivity contribution in [1.29, 1.82) is 0 Å². The normalized spacial score (nSPS) is 14.7. The van der Waals surface area contributed by atoms with Crippen LogP contribution in [0.1, 0.15) is 15.9 Å². The number of ether oxygens (including phenoxy) is 1. The number of nitrogens with zero attached hydrogens (tertiary/aromatic N) is 3. The van der Waals surface area contributed by atoms with Gasteiger partial charge in [-0.3, -0.25) is 9.59 Å². The standard InChI is InChI=1S/C26H26F3N3O3/c1-30-11-13-31(14-12-30)25-21(28)15-19-24(23(25)29)32(10-9-27)16-20(26(19)34)22(33)8-5-17-3-6-18(35-2)7-4-17/h3-8,15-16H,9-14H2,1-2H3/b8-5+. The van der Waals surface area contributed by atoms with E-state index in [9.17, 15) is 14.0 Å². The molecule has 0 saturated carbocycles. The number of likely N-dealkylation sites (N-methyl/N-ethyl adjacent to an activating group) is 1. The fraction of sp³-hybridized carbons (Fsp3) is 0.308. The zero-order valence-corrected chi connectivity index (χ0v) is 19.6. The molecule has 3 aromatic rings. The molecule has 0 atom stereocenters. The molecule has 2 heterocycles. The second-order valence-corrected chi connectivity index (χ2v) is 8.43. The van der Waals surface area contributed by atoms with E-state index in [1.54, 1.807) is 29.2 Å². The van der Waals surface area contributed by atoms with Crippen molar-refractivity contribution in [2.75, 3.05) is 51.9 Å². The van der Waals surface area contributed by atoms with Crippen LogP contribution in [0.25, 0.3) is 17.0 Å². The lowest BCUT2D eigenvalue weighted by Gasteiger charge is -2.34. The lowest BCUT2D eigenvalue weighted by atomic mass is 10.0. The van der Waals surface area contributed by atoms with Crippen LogP contribution in [0, 0.1) is 11.6 Å². The third-order valence-electron chi connectivity index (χ3n) is 6.18. The molecular weight excluding hydrogens is 459 g/mol. The molecule has 1 fully saturated rings. The van der Waals surface area contributed by atoms with Crippen molar-refractivity contribution < 1.29 is 22.7 Å². The number of hydrogen-bond donors (Lipinski definition) is 0. The summed E-state index contributed by atoms with van der Waals surface area (Å²) in [6.45, 7) is 0.939. The SMILES string of the molecule is COc1ccc(/C=C/C(=O)c2cn(CCF)c3c(F)c(N4CCN(C)CC4)c(F)cc3c2=O)cc1. The molecule has 35 heavy (non-hydrogen) atoms. The van der Waals surface area contributed by atoms with E-state index in [-0.39, 0.29) is 28.7 Å². The van der Waals surface area contributed by atoms with Crippen molar-refractivity contribution in [3.05, 3.63) is 75.6 Å². The molecule has 0 radical (unpaired) electrons. The number of carbonyl (C=O) groups is 1. The lowest BCUT2D eigenvalue weighted by Crippen LogP contribution is -2.45. The number of methoxy groups -OCH3 is 1. The molecule has 0 unspecified atom stereocenters. The van der Waals surface area contributed by atoms with Gasteiger partial charge in [0.2, 0.25) is 5.43 Å². The van der Waals surface area contributed by atoms with Gasteiger partial charge in [-0.05, 0) is 36.9 Å². The fourth-order valence-electron chi connectivity index (χ4n) is 4.22. The third kappa shape index (κ3) is 4.95. The predicted octanol–water partition coefficient (Wildman–Crippen LogP) is 3.91. The molecule has 1 aliphatic rings. The maximum Gasteiger partial charge on any atom is 0.200 e. The van der Waals surface area contributed by atoms with E-state index in [1.165, 1.54) is 23.8 Å². The number of aryl methyl sites for hydroxylation is 1. The zero-order valence-electron chi connectivity index (χ0n) is 19.6. The number of allylic oxidation sites excluding steroid dienone is 1. The summed E-state index contributed by atoms with van der Waals surface area (Å²) in [4.78, 5) is 29.6. The number of carbonyl (C=O) groups excluding carboxylic acids is 1. The third-order valence-corrected chi connectivity index (χ3v) is 6.18. The van der Waals surface area contributed by atoms with E-state index >= 15 is 8.78 Å². The lowest BCUT2D eigenvalue weighted by molar-refractivity contribution is 0.104. The second kappa shape index (κ2) is 10.4.